The number of amides is 1. The van der Waals surface area contributed by atoms with Gasteiger partial charge < -0.3 is 9.64 Å². The van der Waals surface area contributed by atoms with Gasteiger partial charge in [0.15, 0.2) is 16.4 Å². The van der Waals surface area contributed by atoms with Crippen molar-refractivity contribution in [2.24, 2.45) is 0 Å². The largest absolute Gasteiger partial charge is 0.452 e. The maximum atomic E-state index is 12.1. The predicted octanol–water partition coefficient (Wildman–Crippen LogP) is -0.261. The smallest absolute Gasteiger partial charge is 0.338 e. The SMILES string of the molecule is CN(C(=O)COC(=O)c1ccc(S(=O)(=O)N(C)C)cc1)C1CCS(=O)(=O)C1. The van der Waals surface area contributed by atoms with Crippen LogP contribution in [0.4, 0.5) is 0 Å². The van der Waals surface area contributed by atoms with E-state index >= 15 is 0 Å². The Bertz CT molecular complexity index is 922. The van der Waals surface area contributed by atoms with Gasteiger partial charge in [-0.1, -0.05) is 0 Å². The summed E-state index contributed by atoms with van der Waals surface area (Å²) < 4.78 is 53.0. The highest BCUT2D eigenvalue weighted by atomic mass is 32.2. The molecule has 2 rings (SSSR count). The molecule has 1 fully saturated rings. The van der Waals surface area contributed by atoms with Crippen molar-refractivity contribution in [3.63, 3.8) is 0 Å². The lowest BCUT2D eigenvalue weighted by Gasteiger charge is -2.23. The van der Waals surface area contributed by atoms with Gasteiger partial charge in [-0.2, -0.15) is 0 Å². The lowest BCUT2D eigenvalue weighted by molar-refractivity contribution is -0.134. The Hall–Kier alpha value is -1.98. The van der Waals surface area contributed by atoms with Gasteiger partial charge in [0, 0.05) is 27.2 Å². The van der Waals surface area contributed by atoms with Gasteiger partial charge >= 0.3 is 5.97 Å². The number of sulfonamides is 1. The van der Waals surface area contributed by atoms with Gasteiger partial charge in [-0.05, 0) is 30.7 Å². The second-order valence-electron chi connectivity index (χ2n) is 6.45. The molecule has 1 aromatic carbocycles. The molecule has 27 heavy (non-hydrogen) atoms. The Morgan fingerprint density at radius 2 is 1.74 bits per heavy atom. The van der Waals surface area contributed by atoms with Crippen LogP contribution in [-0.4, -0.2) is 83.2 Å². The molecule has 1 saturated heterocycles. The van der Waals surface area contributed by atoms with Gasteiger partial charge in [0.25, 0.3) is 5.91 Å². The lowest BCUT2D eigenvalue weighted by Crippen LogP contribution is -2.40. The molecule has 0 radical (unpaired) electrons. The first-order valence-electron chi connectivity index (χ1n) is 8.10. The van der Waals surface area contributed by atoms with Gasteiger partial charge in [0.2, 0.25) is 10.0 Å². The zero-order chi connectivity index (χ0) is 20.4. The third-order valence-electron chi connectivity index (χ3n) is 4.34. The molecule has 1 amide bonds. The van der Waals surface area contributed by atoms with E-state index in [0.717, 1.165) is 4.31 Å². The van der Waals surface area contributed by atoms with Crippen molar-refractivity contribution in [3.8, 4) is 0 Å². The van der Waals surface area contributed by atoms with Crippen molar-refractivity contribution < 1.29 is 31.2 Å². The van der Waals surface area contributed by atoms with Crippen LogP contribution in [0.25, 0.3) is 0 Å². The summed E-state index contributed by atoms with van der Waals surface area (Å²) >= 11 is 0. The minimum atomic E-state index is -3.60. The molecule has 1 heterocycles. The Kier molecular flexibility index (Phi) is 6.28. The fourth-order valence-electron chi connectivity index (χ4n) is 2.57. The van der Waals surface area contributed by atoms with Crippen molar-refractivity contribution in [2.75, 3.05) is 39.3 Å². The molecule has 150 valence electrons. The van der Waals surface area contributed by atoms with Crippen molar-refractivity contribution in [3.05, 3.63) is 29.8 Å². The summed E-state index contributed by atoms with van der Waals surface area (Å²) in [5.41, 5.74) is 0.103. The molecule has 1 aromatic rings. The zero-order valence-electron chi connectivity index (χ0n) is 15.3. The van der Waals surface area contributed by atoms with Crippen molar-refractivity contribution in [2.45, 2.75) is 17.4 Å². The van der Waals surface area contributed by atoms with Crippen LogP contribution in [0, 0.1) is 0 Å². The Balaban J connectivity index is 1.95. The Labute approximate surface area is 158 Å². The van der Waals surface area contributed by atoms with Gasteiger partial charge in [-0.25, -0.2) is 25.9 Å². The fraction of sp³-hybridized carbons (Fsp3) is 0.500. The number of ether oxygens (including phenoxy) is 1. The third kappa shape index (κ3) is 5.05. The van der Waals surface area contributed by atoms with E-state index in [9.17, 15) is 26.4 Å². The summed E-state index contributed by atoms with van der Waals surface area (Å²) in [4.78, 5) is 25.5. The quantitative estimate of drug-likeness (QED) is 0.584. The third-order valence-corrected chi connectivity index (χ3v) is 7.92. The highest BCUT2D eigenvalue weighted by Crippen LogP contribution is 2.17. The molecule has 0 spiro atoms. The minimum absolute atomic E-state index is 0.0299. The van der Waals surface area contributed by atoms with E-state index in [4.69, 9.17) is 4.74 Å². The molecule has 1 atom stereocenters. The molecular formula is C16H22N2O7S2. The minimum Gasteiger partial charge on any atom is -0.452 e. The van der Waals surface area contributed by atoms with Crippen molar-refractivity contribution in [1.29, 1.82) is 0 Å². The fourth-order valence-corrected chi connectivity index (χ4v) is 5.25. The molecule has 1 aliphatic heterocycles. The molecule has 0 bridgehead atoms. The van der Waals surface area contributed by atoms with Crippen molar-refractivity contribution in [1.82, 2.24) is 9.21 Å². The first kappa shape index (κ1) is 21.3. The summed E-state index contributed by atoms with van der Waals surface area (Å²) in [6.07, 6.45) is 0.361. The molecule has 9 nitrogen and oxygen atoms in total. The lowest BCUT2D eigenvalue weighted by atomic mass is 10.2. The number of esters is 1. The van der Waals surface area contributed by atoms with Gasteiger partial charge in [-0.15, -0.1) is 0 Å². The average molecular weight is 418 g/mol. The average Bonchev–Trinajstić information content (AvgIpc) is 2.98. The summed E-state index contributed by atoms with van der Waals surface area (Å²) in [5.74, 6) is -1.33. The number of sulfone groups is 1. The second-order valence-corrected chi connectivity index (χ2v) is 10.8. The van der Waals surface area contributed by atoms with Crippen LogP contribution in [0.1, 0.15) is 16.8 Å². The highest BCUT2D eigenvalue weighted by molar-refractivity contribution is 7.91. The standard InChI is InChI=1S/C16H22N2O7S2/c1-17(2)27(23,24)14-6-4-12(5-7-14)16(20)25-10-15(19)18(3)13-8-9-26(21,22)11-13/h4-7,13H,8-11H2,1-3H3. The summed E-state index contributed by atoms with van der Waals surface area (Å²) in [7, 11) is -2.46. The first-order chi connectivity index (χ1) is 12.4. The van der Waals surface area contributed by atoms with E-state index in [1.807, 2.05) is 0 Å². The van der Waals surface area contributed by atoms with E-state index in [0.29, 0.717) is 6.42 Å². The van der Waals surface area contributed by atoms with Crippen LogP contribution >= 0.6 is 0 Å². The number of carbonyl (C=O) groups is 2. The molecule has 1 aliphatic rings. The number of carbonyl (C=O) groups excluding carboxylic acids is 2. The van der Waals surface area contributed by atoms with E-state index in [2.05, 4.69) is 0 Å². The van der Waals surface area contributed by atoms with E-state index in [1.165, 1.54) is 50.3 Å². The predicted molar refractivity (Wildman–Crippen MR) is 97.4 cm³/mol. The highest BCUT2D eigenvalue weighted by Gasteiger charge is 2.33. The summed E-state index contributed by atoms with van der Waals surface area (Å²) in [6, 6.07) is 4.75. The van der Waals surface area contributed by atoms with Crippen molar-refractivity contribution >= 4 is 31.7 Å². The van der Waals surface area contributed by atoms with Crippen LogP contribution < -0.4 is 0 Å². The topological polar surface area (TPSA) is 118 Å². The summed E-state index contributed by atoms with van der Waals surface area (Å²) in [5, 5.41) is 0. The van der Waals surface area contributed by atoms with Gasteiger partial charge in [0.05, 0.1) is 22.0 Å². The Morgan fingerprint density at radius 1 is 1.15 bits per heavy atom. The van der Waals surface area contributed by atoms with E-state index in [-0.39, 0.29) is 22.0 Å². The monoisotopic (exact) mass is 418 g/mol. The Morgan fingerprint density at radius 3 is 2.22 bits per heavy atom. The molecule has 0 aliphatic carbocycles. The number of hydrogen-bond acceptors (Lipinski definition) is 7. The maximum absolute atomic E-state index is 12.1. The number of hydrogen-bond donors (Lipinski definition) is 0. The van der Waals surface area contributed by atoms with Crippen LogP contribution in [0.15, 0.2) is 29.2 Å². The number of benzene rings is 1. The molecule has 0 saturated carbocycles. The van der Waals surface area contributed by atoms with Crippen LogP contribution in [0.2, 0.25) is 0 Å². The van der Waals surface area contributed by atoms with Gasteiger partial charge in [0.1, 0.15) is 0 Å². The first-order valence-corrected chi connectivity index (χ1v) is 11.4. The number of nitrogens with zero attached hydrogens (tertiary/aromatic N) is 2. The molecule has 11 heteroatoms. The van der Waals surface area contributed by atoms with Gasteiger partial charge in [-0.3, -0.25) is 4.79 Å². The molecular weight excluding hydrogens is 396 g/mol. The molecule has 1 unspecified atom stereocenters. The zero-order valence-corrected chi connectivity index (χ0v) is 16.9. The van der Waals surface area contributed by atoms with Crippen LogP contribution in [-0.2, 0) is 29.4 Å². The molecule has 0 N–H and O–H groups in total. The summed E-state index contributed by atoms with van der Waals surface area (Å²) in [6.45, 7) is -0.524. The van der Waals surface area contributed by atoms with Crippen LogP contribution in [0.3, 0.4) is 0 Å². The second kappa shape index (κ2) is 7.95. The van der Waals surface area contributed by atoms with E-state index in [1.54, 1.807) is 0 Å². The number of likely N-dealkylation sites (N-methyl/N-ethyl adjacent to an activating group) is 1. The number of rotatable bonds is 6. The van der Waals surface area contributed by atoms with E-state index < -0.39 is 44.4 Å². The normalized spacial score (nSPS) is 19.0. The maximum Gasteiger partial charge on any atom is 0.338 e. The van der Waals surface area contributed by atoms with Crippen LogP contribution in [0.5, 0.6) is 0 Å². The molecule has 0 aromatic heterocycles.